The van der Waals surface area contributed by atoms with Crippen LogP contribution in [0.25, 0.3) is 5.65 Å². The predicted molar refractivity (Wildman–Crippen MR) is 124 cm³/mol. The third-order valence-corrected chi connectivity index (χ3v) is 5.55. The summed E-state index contributed by atoms with van der Waals surface area (Å²) < 4.78 is 7.59. The summed E-state index contributed by atoms with van der Waals surface area (Å²) in [7, 11) is 0. The number of nitrogens with zero attached hydrogens (tertiary/aromatic N) is 4. The Morgan fingerprint density at radius 3 is 2.65 bits per heavy atom. The first-order valence-electron chi connectivity index (χ1n) is 11.1. The Labute approximate surface area is 184 Å². The van der Waals surface area contributed by atoms with Crippen molar-refractivity contribution in [3.05, 3.63) is 71.2 Å². The topological polar surface area (TPSA) is 66.2 Å². The number of fused-ring (bicyclic) bond motifs is 1. The number of aryl methyl sites for hydroxylation is 1. The number of ether oxygens (including phenoxy) is 1. The van der Waals surface area contributed by atoms with Crippen molar-refractivity contribution in [2.75, 3.05) is 32.8 Å². The molecule has 0 atom stereocenters. The summed E-state index contributed by atoms with van der Waals surface area (Å²) in [4.78, 5) is 12.0. The molecule has 1 aliphatic rings. The van der Waals surface area contributed by atoms with Gasteiger partial charge in [-0.25, -0.2) is 9.98 Å². The molecular weight excluding hydrogens is 388 g/mol. The van der Waals surface area contributed by atoms with Crippen molar-refractivity contribution in [1.82, 2.24) is 24.9 Å². The minimum absolute atomic E-state index is 0.627. The molecule has 2 N–H and O–H groups in total. The number of pyridine rings is 1. The van der Waals surface area contributed by atoms with Gasteiger partial charge in [-0.05, 0) is 37.1 Å². The zero-order valence-electron chi connectivity index (χ0n) is 18.5. The standard InChI is InChI=1S/C24H32N6O/c1-3-25-24(27-16-22-18-30-19(2)7-6-10-23(30)28-22)26-15-20-8-4-5-9-21(20)17-29-11-13-31-14-12-29/h4-10,18H,3,11-17H2,1-2H3,(H2,25,26,27). The monoisotopic (exact) mass is 420 g/mol. The van der Waals surface area contributed by atoms with E-state index in [1.165, 1.54) is 16.8 Å². The molecule has 31 heavy (non-hydrogen) atoms. The van der Waals surface area contributed by atoms with E-state index in [-0.39, 0.29) is 0 Å². The highest BCUT2D eigenvalue weighted by Crippen LogP contribution is 2.14. The highest BCUT2D eigenvalue weighted by molar-refractivity contribution is 5.79. The van der Waals surface area contributed by atoms with E-state index in [0.29, 0.717) is 13.1 Å². The Bertz CT molecular complexity index is 1020. The Hall–Kier alpha value is -2.90. The molecule has 0 amide bonds. The number of nitrogens with one attached hydrogen (secondary N) is 2. The minimum atomic E-state index is 0.627. The van der Waals surface area contributed by atoms with Crippen molar-refractivity contribution in [3.8, 4) is 0 Å². The van der Waals surface area contributed by atoms with Gasteiger partial charge in [0.05, 0.1) is 32.0 Å². The zero-order valence-corrected chi connectivity index (χ0v) is 18.5. The number of aliphatic imine (C=N–C) groups is 1. The summed E-state index contributed by atoms with van der Waals surface area (Å²) in [5.74, 6) is 0.803. The molecule has 0 unspecified atom stereocenters. The van der Waals surface area contributed by atoms with Crippen LogP contribution in [0.5, 0.6) is 0 Å². The normalized spacial score (nSPS) is 15.4. The van der Waals surface area contributed by atoms with Crippen molar-refractivity contribution >= 4 is 11.6 Å². The molecule has 4 rings (SSSR count). The SMILES string of the molecule is CCNC(=NCc1ccccc1CN1CCOCC1)NCc1cn2c(C)cccc2n1. The second-order valence-corrected chi connectivity index (χ2v) is 7.83. The summed E-state index contributed by atoms with van der Waals surface area (Å²) in [6, 6.07) is 14.7. The summed E-state index contributed by atoms with van der Waals surface area (Å²) in [5, 5.41) is 6.77. The molecule has 7 heteroatoms. The first kappa shape index (κ1) is 21.3. The van der Waals surface area contributed by atoms with Crippen LogP contribution in [0, 0.1) is 6.92 Å². The molecular formula is C24H32N6O. The van der Waals surface area contributed by atoms with Gasteiger partial charge in [0.15, 0.2) is 5.96 Å². The van der Waals surface area contributed by atoms with Crippen LogP contribution in [0.1, 0.15) is 29.4 Å². The summed E-state index contributed by atoms with van der Waals surface area (Å²) in [6.07, 6.45) is 2.08. The second kappa shape index (κ2) is 10.4. The smallest absolute Gasteiger partial charge is 0.191 e. The lowest BCUT2D eigenvalue weighted by Crippen LogP contribution is -2.37. The van der Waals surface area contributed by atoms with Crippen LogP contribution in [0.4, 0.5) is 0 Å². The number of rotatable bonds is 7. The second-order valence-electron chi connectivity index (χ2n) is 7.83. The van der Waals surface area contributed by atoms with E-state index < -0.39 is 0 Å². The van der Waals surface area contributed by atoms with Gasteiger partial charge in [0, 0.05) is 38.1 Å². The lowest BCUT2D eigenvalue weighted by Gasteiger charge is -2.27. The average molecular weight is 421 g/mol. The molecule has 1 saturated heterocycles. The summed E-state index contributed by atoms with van der Waals surface area (Å²) in [5.41, 5.74) is 5.73. The number of morpholine rings is 1. The number of aromatic nitrogens is 2. The largest absolute Gasteiger partial charge is 0.379 e. The fourth-order valence-electron chi connectivity index (χ4n) is 3.83. The van der Waals surface area contributed by atoms with Crippen LogP contribution in [-0.2, 0) is 24.4 Å². The van der Waals surface area contributed by atoms with Gasteiger partial charge < -0.3 is 19.8 Å². The minimum Gasteiger partial charge on any atom is -0.379 e. The van der Waals surface area contributed by atoms with Gasteiger partial charge in [-0.2, -0.15) is 0 Å². The number of guanidine groups is 1. The molecule has 1 aromatic carbocycles. The first-order valence-corrected chi connectivity index (χ1v) is 11.1. The van der Waals surface area contributed by atoms with E-state index in [4.69, 9.17) is 14.7 Å². The van der Waals surface area contributed by atoms with Crippen LogP contribution in [0.3, 0.4) is 0 Å². The highest BCUT2D eigenvalue weighted by Gasteiger charge is 2.12. The maximum Gasteiger partial charge on any atom is 0.191 e. The van der Waals surface area contributed by atoms with E-state index >= 15 is 0 Å². The van der Waals surface area contributed by atoms with E-state index in [0.717, 1.165) is 56.7 Å². The van der Waals surface area contributed by atoms with Crippen LogP contribution in [-0.4, -0.2) is 53.1 Å². The average Bonchev–Trinajstić information content (AvgIpc) is 3.22. The van der Waals surface area contributed by atoms with Gasteiger partial charge >= 0.3 is 0 Å². The summed E-state index contributed by atoms with van der Waals surface area (Å²) in [6.45, 7) is 10.8. The fourth-order valence-corrected chi connectivity index (χ4v) is 3.83. The van der Waals surface area contributed by atoms with Gasteiger partial charge in [0.25, 0.3) is 0 Å². The molecule has 164 valence electrons. The van der Waals surface area contributed by atoms with E-state index in [9.17, 15) is 0 Å². The van der Waals surface area contributed by atoms with Crippen LogP contribution < -0.4 is 10.6 Å². The lowest BCUT2D eigenvalue weighted by atomic mass is 10.1. The Morgan fingerprint density at radius 1 is 1.06 bits per heavy atom. The quantitative estimate of drug-likeness (QED) is 0.455. The van der Waals surface area contributed by atoms with Crippen molar-refractivity contribution < 1.29 is 4.74 Å². The predicted octanol–water partition coefficient (Wildman–Crippen LogP) is 2.73. The van der Waals surface area contributed by atoms with Crippen molar-refractivity contribution in [3.63, 3.8) is 0 Å². The fraction of sp³-hybridized carbons (Fsp3) is 0.417. The Morgan fingerprint density at radius 2 is 1.87 bits per heavy atom. The van der Waals surface area contributed by atoms with Crippen LogP contribution in [0.2, 0.25) is 0 Å². The zero-order chi connectivity index (χ0) is 21.5. The van der Waals surface area contributed by atoms with Crippen molar-refractivity contribution in [2.24, 2.45) is 4.99 Å². The molecule has 0 saturated carbocycles. The molecule has 3 aromatic rings. The first-order chi connectivity index (χ1) is 15.2. The third kappa shape index (κ3) is 5.62. The van der Waals surface area contributed by atoms with Gasteiger partial charge in [-0.3, -0.25) is 4.90 Å². The number of imidazole rings is 1. The molecule has 1 aliphatic heterocycles. The van der Waals surface area contributed by atoms with E-state index in [1.54, 1.807) is 0 Å². The Kier molecular flexibility index (Phi) is 7.17. The molecule has 0 radical (unpaired) electrons. The highest BCUT2D eigenvalue weighted by atomic mass is 16.5. The molecule has 2 aromatic heterocycles. The number of hydrogen-bond acceptors (Lipinski definition) is 4. The van der Waals surface area contributed by atoms with E-state index in [1.807, 2.05) is 12.1 Å². The molecule has 1 fully saturated rings. The van der Waals surface area contributed by atoms with Crippen LogP contribution in [0.15, 0.2) is 53.7 Å². The molecule has 0 aliphatic carbocycles. The molecule has 7 nitrogen and oxygen atoms in total. The van der Waals surface area contributed by atoms with Gasteiger partial charge in [0.1, 0.15) is 5.65 Å². The number of benzene rings is 1. The maximum atomic E-state index is 5.48. The van der Waals surface area contributed by atoms with E-state index in [2.05, 4.69) is 70.3 Å². The van der Waals surface area contributed by atoms with Crippen molar-refractivity contribution in [1.29, 1.82) is 0 Å². The maximum absolute atomic E-state index is 5.48. The van der Waals surface area contributed by atoms with Crippen LogP contribution >= 0.6 is 0 Å². The number of hydrogen-bond donors (Lipinski definition) is 2. The molecule has 0 spiro atoms. The molecule has 3 heterocycles. The Balaban J connectivity index is 1.42. The summed E-state index contributed by atoms with van der Waals surface area (Å²) >= 11 is 0. The van der Waals surface area contributed by atoms with Gasteiger partial charge in [0.2, 0.25) is 0 Å². The third-order valence-electron chi connectivity index (χ3n) is 5.55. The lowest BCUT2D eigenvalue weighted by molar-refractivity contribution is 0.0341. The van der Waals surface area contributed by atoms with Gasteiger partial charge in [-0.1, -0.05) is 30.3 Å². The molecule has 0 bridgehead atoms. The van der Waals surface area contributed by atoms with Gasteiger partial charge in [-0.15, -0.1) is 0 Å². The van der Waals surface area contributed by atoms with Crippen molar-refractivity contribution in [2.45, 2.75) is 33.5 Å².